The van der Waals surface area contributed by atoms with Crippen molar-refractivity contribution in [3.63, 3.8) is 0 Å². The Kier molecular flexibility index (Phi) is 9.88. The number of hydrazone groups is 1. The van der Waals surface area contributed by atoms with Gasteiger partial charge in [0.25, 0.3) is 11.8 Å². The van der Waals surface area contributed by atoms with Crippen LogP contribution in [0.15, 0.2) is 65.8 Å². The molecule has 1 unspecified atom stereocenters. The number of halogens is 3. The third kappa shape index (κ3) is 7.93. The largest absolute Gasteiger partial charge is 0.493 e. The molecule has 2 amide bonds. The van der Waals surface area contributed by atoms with Gasteiger partial charge in [0.15, 0.2) is 11.5 Å². The topological polar surface area (TPSA) is 89.0 Å². The maximum absolute atomic E-state index is 13.1. The van der Waals surface area contributed by atoms with E-state index in [0.717, 1.165) is 5.56 Å². The first-order chi connectivity index (χ1) is 17.7. The summed E-state index contributed by atoms with van der Waals surface area (Å²) in [7, 11) is 1.51. The zero-order valence-electron chi connectivity index (χ0n) is 20.4. The van der Waals surface area contributed by atoms with Crippen molar-refractivity contribution in [3.8, 4) is 11.5 Å². The van der Waals surface area contributed by atoms with Gasteiger partial charge in [0, 0.05) is 21.2 Å². The van der Waals surface area contributed by atoms with Crippen LogP contribution >= 0.6 is 23.2 Å². The van der Waals surface area contributed by atoms with E-state index in [1.165, 1.54) is 37.6 Å². The van der Waals surface area contributed by atoms with Gasteiger partial charge in [-0.1, -0.05) is 43.1 Å². The number of methoxy groups -OCH3 is 1. The third-order valence-corrected chi connectivity index (χ3v) is 5.90. The van der Waals surface area contributed by atoms with Gasteiger partial charge in [-0.2, -0.15) is 5.10 Å². The maximum Gasteiger partial charge on any atom is 0.262 e. The lowest BCUT2D eigenvalue weighted by atomic mass is 10.0. The van der Waals surface area contributed by atoms with E-state index < -0.39 is 23.7 Å². The number of hydrogen-bond donors (Lipinski definition) is 2. The molecule has 2 N–H and O–H groups in total. The van der Waals surface area contributed by atoms with Crippen LogP contribution in [0.3, 0.4) is 0 Å². The molecule has 0 aromatic heterocycles. The lowest BCUT2D eigenvalue weighted by Gasteiger charge is -2.20. The van der Waals surface area contributed by atoms with Gasteiger partial charge in [-0.05, 0) is 66.1 Å². The highest BCUT2D eigenvalue weighted by Crippen LogP contribution is 2.29. The average molecular weight is 546 g/mol. The molecule has 3 aromatic carbocycles. The van der Waals surface area contributed by atoms with Gasteiger partial charge in [-0.3, -0.25) is 9.59 Å². The number of benzene rings is 3. The van der Waals surface area contributed by atoms with E-state index in [4.69, 9.17) is 32.7 Å². The molecule has 3 aromatic rings. The Morgan fingerprint density at radius 3 is 2.41 bits per heavy atom. The molecule has 0 fully saturated rings. The first-order valence-electron chi connectivity index (χ1n) is 11.3. The summed E-state index contributed by atoms with van der Waals surface area (Å²) >= 11 is 12.1. The summed E-state index contributed by atoms with van der Waals surface area (Å²) in [5.74, 6) is -0.687. The smallest absolute Gasteiger partial charge is 0.262 e. The lowest BCUT2D eigenvalue weighted by molar-refractivity contribution is -0.123. The molecule has 0 aliphatic rings. The van der Waals surface area contributed by atoms with Gasteiger partial charge in [-0.25, -0.2) is 9.82 Å². The molecule has 0 bridgehead atoms. The number of nitrogens with one attached hydrogen (secondary N) is 2. The molecule has 0 radical (unpaired) electrons. The van der Waals surface area contributed by atoms with Crippen molar-refractivity contribution < 1.29 is 23.5 Å². The fourth-order valence-electron chi connectivity index (χ4n) is 3.28. The molecule has 0 saturated carbocycles. The highest BCUT2D eigenvalue weighted by atomic mass is 35.5. The number of amides is 2. The molecule has 0 aliphatic carbocycles. The Balaban J connectivity index is 1.61. The second-order valence-electron chi connectivity index (χ2n) is 8.37. The first-order valence-corrected chi connectivity index (χ1v) is 12.1. The minimum Gasteiger partial charge on any atom is -0.493 e. The molecule has 0 aliphatic heterocycles. The van der Waals surface area contributed by atoms with Crippen LogP contribution in [0.1, 0.15) is 35.3 Å². The summed E-state index contributed by atoms with van der Waals surface area (Å²) in [5.41, 5.74) is 4.11. The quantitative estimate of drug-likeness (QED) is 0.255. The molecule has 0 heterocycles. The number of ether oxygens (including phenoxy) is 2. The van der Waals surface area contributed by atoms with Gasteiger partial charge in [0.1, 0.15) is 18.5 Å². The number of hydrogen-bond acceptors (Lipinski definition) is 5. The van der Waals surface area contributed by atoms with Crippen molar-refractivity contribution in [1.82, 2.24) is 10.7 Å². The second-order valence-corrected chi connectivity index (χ2v) is 9.21. The summed E-state index contributed by atoms with van der Waals surface area (Å²) in [6.45, 7) is 3.80. The van der Waals surface area contributed by atoms with Crippen molar-refractivity contribution >= 4 is 41.2 Å². The maximum atomic E-state index is 13.1. The molecule has 3 rings (SSSR count). The minimum atomic E-state index is -0.847. The second kappa shape index (κ2) is 13.1. The Morgan fingerprint density at radius 2 is 1.76 bits per heavy atom. The van der Waals surface area contributed by atoms with Gasteiger partial charge in [-0.15, -0.1) is 0 Å². The van der Waals surface area contributed by atoms with E-state index in [0.29, 0.717) is 27.1 Å². The standard InChI is InChI=1S/C27H26Cl2FN3O4/c1-16(2)25(32-26(34)18-6-9-21(30)10-7-18)27(35)33-31-14-17-4-11-23(24(12-17)36-3)37-15-19-5-8-20(28)13-22(19)29/h4-14,16,25H,15H2,1-3H3,(H,32,34)(H,33,35)/b31-14+. The van der Waals surface area contributed by atoms with Crippen LogP contribution in [0.2, 0.25) is 10.0 Å². The SMILES string of the molecule is COc1cc(/C=N/NC(=O)C(NC(=O)c2ccc(F)cc2)C(C)C)ccc1OCc1ccc(Cl)cc1Cl. The van der Waals surface area contributed by atoms with Crippen LogP contribution in [0.4, 0.5) is 4.39 Å². The Labute approximate surface area is 224 Å². The van der Waals surface area contributed by atoms with Crippen LogP contribution in [-0.4, -0.2) is 31.2 Å². The van der Waals surface area contributed by atoms with Gasteiger partial charge in [0.05, 0.1) is 13.3 Å². The number of carbonyl (C=O) groups is 2. The molecule has 1 atom stereocenters. The summed E-state index contributed by atoms with van der Waals surface area (Å²) in [4.78, 5) is 25.1. The van der Waals surface area contributed by atoms with Gasteiger partial charge in [0.2, 0.25) is 0 Å². The predicted molar refractivity (Wildman–Crippen MR) is 142 cm³/mol. The Morgan fingerprint density at radius 1 is 1.03 bits per heavy atom. The molecular weight excluding hydrogens is 520 g/mol. The normalized spacial score (nSPS) is 11.9. The Bertz CT molecular complexity index is 1280. The van der Waals surface area contributed by atoms with Gasteiger partial charge >= 0.3 is 0 Å². The zero-order chi connectivity index (χ0) is 26.9. The molecule has 0 spiro atoms. The number of nitrogens with zero attached hydrogens (tertiary/aromatic N) is 1. The number of carbonyl (C=O) groups excluding carboxylic acids is 2. The van der Waals surface area contributed by atoms with E-state index in [1.807, 2.05) is 0 Å². The highest BCUT2D eigenvalue weighted by molar-refractivity contribution is 6.35. The average Bonchev–Trinajstić information content (AvgIpc) is 2.87. The molecule has 10 heteroatoms. The van der Waals surface area contributed by atoms with Crippen molar-refractivity contribution in [2.75, 3.05) is 7.11 Å². The van der Waals surface area contributed by atoms with Crippen molar-refractivity contribution in [2.24, 2.45) is 11.0 Å². The molecular formula is C27H26Cl2FN3O4. The lowest BCUT2D eigenvalue weighted by Crippen LogP contribution is -2.48. The first kappa shape index (κ1) is 28.0. The molecule has 194 valence electrons. The van der Waals surface area contributed by atoms with Crippen molar-refractivity contribution in [3.05, 3.63) is 93.2 Å². The van der Waals surface area contributed by atoms with Crippen LogP contribution in [0.25, 0.3) is 0 Å². The fourth-order valence-corrected chi connectivity index (χ4v) is 3.74. The summed E-state index contributed by atoms with van der Waals surface area (Å²) in [5, 5.41) is 7.70. The summed E-state index contributed by atoms with van der Waals surface area (Å²) in [6.07, 6.45) is 1.44. The van der Waals surface area contributed by atoms with Crippen LogP contribution in [0, 0.1) is 11.7 Å². The number of rotatable bonds is 10. The zero-order valence-corrected chi connectivity index (χ0v) is 21.9. The highest BCUT2D eigenvalue weighted by Gasteiger charge is 2.24. The van der Waals surface area contributed by atoms with Crippen molar-refractivity contribution in [1.29, 1.82) is 0 Å². The predicted octanol–water partition coefficient (Wildman–Crippen LogP) is 5.62. The fraction of sp³-hybridized carbons (Fsp3) is 0.222. The van der Waals surface area contributed by atoms with E-state index >= 15 is 0 Å². The van der Waals surface area contributed by atoms with E-state index in [2.05, 4.69) is 15.8 Å². The van der Waals surface area contributed by atoms with E-state index in [-0.39, 0.29) is 18.1 Å². The summed E-state index contributed by atoms with van der Waals surface area (Å²) < 4.78 is 24.4. The minimum absolute atomic E-state index is 0.217. The Hall–Kier alpha value is -3.62. The van der Waals surface area contributed by atoms with Crippen molar-refractivity contribution in [2.45, 2.75) is 26.5 Å². The molecule has 37 heavy (non-hydrogen) atoms. The van der Waals surface area contributed by atoms with Crippen LogP contribution in [-0.2, 0) is 11.4 Å². The third-order valence-electron chi connectivity index (χ3n) is 5.32. The molecule has 0 saturated heterocycles. The monoisotopic (exact) mass is 545 g/mol. The summed E-state index contributed by atoms with van der Waals surface area (Å²) in [6, 6.07) is 14.5. The van der Waals surface area contributed by atoms with Gasteiger partial charge < -0.3 is 14.8 Å². The molecule has 7 nitrogen and oxygen atoms in total. The van der Waals surface area contributed by atoms with Crippen LogP contribution < -0.4 is 20.2 Å². The van der Waals surface area contributed by atoms with Crippen LogP contribution in [0.5, 0.6) is 11.5 Å². The van der Waals surface area contributed by atoms with E-state index in [1.54, 1.807) is 50.2 Å². The van der Waals surface area contributed by atoms with E-state index in [9.17, 15) is 14.0 Å².